The summed E-state index contributed by atoms with van der Waals surface area (Å²) in [6, 6.07) is 11.6. The summed E-state index contributed by atoms with van der Waals surface area (Å²) in [5.41, 5.74) is 2.76. The lowest BCUT2D eigenvalue weighted by Gasteiger charge is -2.43. The summed E-state index contributed by atoms with van der Waals surface area (Å²) in [7, 11) is 0. The van der Waals surface area contributed by atoms with Crippen molar-refractivity contribution in [2.75, 3.05) is 9.80 Å². The highest BCUT2D eigenvalue weighted by Crippen LogP contribution is 2.47. The molecule has 2 heterocycles. The van der Waals surface area contributed by atoms with Gasteiger partial charge in [-0.3, -0.25) is 14.5 Å². The summed E-state index contributed by atoms with van der Waals surface area (Å²) in [6.45, 7) is 3.66. The second-order valence-corrected chi connectivity index (χ2v) is 8.22. The molecule has 1 aliphatic carbocycles. The van der Waals surface area contributed by atoms with Gasteiger partial charge in [0, 0.05) is 18.5 Å². The Bertz CT molecular complexity index is 1080. The van der Waals surface area contributed by atoms with Crippen molar-refractivity contribution >= 4 is 40.4 Å². The van der Waals surface area contributed by atoms with E-state index in [1.165, 1.54) is 6.20 Å². The highest BCUT2D eigenvalue weighted by atomic mass is 32.1. The van der Waals surface area contributed by atoms with Gasteiger partial charge in [-0.2, -0.15) is 5.26 Å². The Labute approximate surface area is 181 Å². The van der Waals surface area contributed by atoms with Gasteiger partial charge in [0.2, 0.25) is 0 Å². The molecule has 2 fully saturated rings. The van der Waals surface area contributed by atoms with Crippen LogP contribution in [0.4, 0.5) is 11.4 Å². The molecule has 30 heavy (non-hydrogen) atoms. The number of aryl methyl sites for hydroxylation is 1. The van der Waals surface area contributed by atoms with Crippen molar-refractivity contribution in [3.63, 3.8) is 0 Å². The Morgan fingerprint density at radius 3 is 2.50 bits per heavy atom. The number of amides is 1. The minimum Gasteiger partial charge on any atom is -0.303 e. The molecule has 1 aliphatic heterocycles. The number of Topliss-reactive ketones (excluding diaryl/α,β-unsaturated/α-hetero) is 1. The quantitative estimate of drug-likeness (QED) is 0.687. The SMILES string of the molecule is CCC(=O)Cc1ccc(N2C(=S)N(c3cnc(C#N)c(C)c3)C(=O)C23CCC3)cc1. The monoisotopic (exact) mass is 418 g/mol. The molecule has 1 saturated carbocycles. The van der Waals surface area contributed by atoms with Crippen molar-refractivity contribution in [1.29, 1.82) is 5.26 Å². The zero-order valence-electron chi connectivity index (χ0n) is 17.0. The number of nitriles is 1. The van der Waals surface area contributed by atoms with Crippen LogP contribution in [0.2, 0.25) is 0 Å². The number of hydrogen-bond donors (Lipinski definition) is 0. The summed E-state index contributed by atoms with van der Waals surface area (Å²) >= 11 is 5.76. The largest absolute Gasteiger partial charge is 0.303 e. The standard InChI is InChI=1S/C23H22N4O2S/c1-3-19(28)12-16-5-7-17(8-6-16)27-22(30)26(21(29)23(27)9-4-10-23)18-11-15(2)20(13-24)25-14-18/h5-8,11,14H,3-4,9-10,12H2,1-2H3. The van der Waals surface area contributed by atoms with E-state index in [-0.39, 0.29) is 11.7 Å². The maximum absolute atomic E-state index is 13.5. The predicted molar refractivity (Wildman–Crippen MR) is 118 cm³/mol. The number of thiocarbonyl (C=S) groups is 1. The number of aromatic nitrogens is 1. The van der Waals surface area contributed by atoms with Crippen molar-refractivity contribution in [2.45, 2.75) is 51.5 Å². The third-order valence-corrected chi connectivity index (χ3v) is 6.38. The lowest BCUT2D eigenvalue weighted by atomic mass is 9.75. The van der Waals surface area contributed by atoms with Crippen LogP contribution in [0.3, 0.4) is 0 Å². The van der Waals surface area contributed by atoms with Crippen LogP contribution < -0.4 is 9.80 Å². The molecule has 0 N–H and O–H groups in total. The third-order valence-electron chi connectivity index (χ3n) is 6.01. The maximum atomic E-state index is 13.5. The molecule has 4 rings (SSSR count). The molecule has 0 unspecified atom stereocenters. The Kier molecular flexibility index (Phi) is 5.12. The number of anilines is 2. The van der Waals surface area contributed by atoms with Gasteiger partial charge in [-0.1, -0.05) is 19.1 Å². The molecule has 1 saturated heterocycles. The number of ketones is 1. The molecule has 1 aromatic carbocycles. The summed E-state index contributed by atoms with van der Waals surface area (Å²) in [5.74, 6) is 0.148. The third kappa shape index (κ3) is 3.08. The number of rotatable bonds is 5. The van der Waals surface area contributed by atoms with E-state index in [0.29, 0.717) is 34.9 Å². The van der Waals surface area contributed by atoms with E-state index in [0.717, 1.165) is 30.5 Å². The Balaban J connectivity index is 1.69. The number of nitrogens with zero attached hydrogens (tertiary/aromatic N) is 4. The number of carbonyl (C=O) groups is 2. The first-order chi connectivity index (χ1) is 14.4. The van der Waals surface area contributed by atoms with E-state index in [1.807, 2.05) is 42.2 Å². The van der Waals surface area contributed by atoms with Gasteiger partial charge in [0.1, 0.15) is 23.1 Å². The van der Waals surface area contributed by atoms with Gasteiger partial charge >= 0.3 is 0 Å². The average molecular weight is 419 g/mol. The van der Waals surface area contributed by atoms with E-state index in [1.54, 1.807) is 17.9 Å². The highest BCUT2D eigenvalue weighted by Gasteiger charge is 2.59. The first-order valence-corrected chi connectivity index (χ1v) is 10.5. The van der Waals surface area contributed by atoms with Gasteiger partial charge in [-0.15, -0.1) is 0 Å². The summed E-state index contributed by atoms with van der Waals surface area (Å²) in [6.07, 6.45) is 4.90. The summed E-state index contributed by atoms with van der Waals surface area (Å²) in [5, 5.41) is 9.56. The molecule has 0 atom stereocenters. The highest BCUT2D eigenvalue weighted by molar-refractivity contribution is 7.81. The van der Waals surface area contributed by atoms with Crippen LogP contribution in [0.5, 0.6) is 0 Å². The van der Waals surface area contributed by atoms with Crippen molar-refractivity contribution in [2.24, 2.45) is 0 Å². The minimum atomic E-state index is -0.667. The Hall–Kier alpha value is -3.11. The smallest absolute Gasteiger partial charge is 0.259 e. The molecule has 1 aromatic heterocycles. The molecule has 2 aromatic rings. The molecular formula is C23H22N4O2S. The first-order valence-electron chi connectivity index (χ1n) is 10.1. The number of benzene rings is 1. The van der Waals surface area contributed by atoms with Crippen LogP contribution in [0.1, 0.15) is 49.4 Å². The number of hydrogen-bond acceptors (Lipinski definition) is 5. The molecule has 1 amide bonds. The van der Waals surface area contributed by atoms with E-state index in [4.69, 9.17) is 17.5 Å². The lowest BCUT2D eigenvalue weighted by molar-refractivity contribution is -0.124. The van der Waals surface area contributed by atoms with Gasteiger partial charge in [0.05, 0.1) is 11.9 Å². The summed E-state index contributed by atoms with van der Waals surface area (Å²) < 4.78 is 0. The number of carbonyl (C=O) groups excluding carboxylic acids is 2. The van der Waals surface area contributed by atoms with Gasteiger partial charge in [-0.25, -0.2) is 4.98 Å². The topological polar surface area (TPSA) is 77.3 Å². The normalized spacial score (nSPS) is 17.2. The van der Waals surface area contributed by atoms with Crippen molar-refractivity contribution in [1.82, 2.24) is 4.98 Å². The molecule has 0 bridgehead atoms. The minimum absolute atomic E-state index is 0.0464. The zero-order chi connectivity index (χ0) is 21.5. The molecule has 1 spiro atoms. The van der Waals surface area contributed by atoms with Gasteiger partial charge < -0.3 is 4.90 Å². The van der Waals surface area contributed by atoms with Crippen LogP contribution in [-0.4, -0.2) is 27.3 Å². The van der Waals surface area contributed by atoms with Gasteiger partial charge in [-0.05, 0) is 67.7 Å². The fourth-order valence-corrected chi connectivity index (χ4v) is 4.59. The van der Waals surface area contributed by atoms with E-state index in [9.17, 15) is 9.59 Å². The van der Waals surface area contributed by atoms with Crippen LogP contribution in [0.25, 0.3) is 0 Å². The second kappa shape index (κ2) is 7.62. The second-order valence-electron chi connectivity index (χ2n) is 7.85. The van der Waals surface area contributed by atoms with Crippen LogP contribution in [0, 0.1) is 18.3 Å². The molecule has 0 radical (unpaired) electrons. The van der Waals surface area contributed by atoms with Crippen molar-refractivity contribution in [3.8, 4) is 6.07 Å². The summed E-state index contributed by atoms with van der Waals surface area (Å²) in [4.78, 5) is 32.9. The van der Waals surface area contributed by atoms with E-state index < -0.39 is 5.54 Å². The lowest BCUT2D eigenvalue weighted by Crippen LogP contribution is -2.55. The van der Waals surface area contributed by atoms with Crippen molar-refractivity contribution in [3.05, 3.63) is 53.3 Å². The Morgan fingerprint density at radius 2 is 1.97 bits per heavy atom. The molecule has 6 nitrogen and oxygen atoms in total. The van der Waals surface area contributed by atoms with Crippen LogP contribution in [-0.2, 0) is 16.0 Å². The van der Waals surface area contributed by atoms with Crippen molar-refractivity contribution < 1.29 is 9.59 Å². The molecule has 7 heteroatoms. The fourth-order valence-electron chi connectivity index (χ4n) is 4.12. The molecule has 2 aliphatic rings. The maximum Gasteiger partial charge on any atom is 0.259 e. The number of pyridine rings is 1. The van der Waals surface area contributed by atoms with Crippen LogP contribution >= 0.6 is 12.2 Å². The first kappa shape index (κ1) is 20.2. The average Bonchev–Trinajstić information content (AvgIpc) is 2.95. The molecular weight excluding hydrogens is 396 g/mol. The zero-order valence-corrected chi connectivity index (χ0v) is 17.8. The van der Waals surface area contributed by atoms with E-state index >= 15 is 0 Å². The molecule has 152 valence electrons. The van der Waals surface area contributed by atoms with Crippen LogP contribution in [0.15, 0.2) is 36.5 Å². The van der Waals surface area contributed by atoms with Gasteiger partial charge in [0.15, 0.2) is 5.11 Å². The van der Waals surface area contributed by atoms with Gasteiger partial charge in [0.25, 0.3) is 5.91 Å². The van der Waals surface area contributed by atoms with E-state index in [2.05, 4.69) is 4.98 Å². The fraction of sp³-hybridized carbons (Fsp3) is 0.348. The predicted octanol–water partition coefficient (Wildman–Crippen LogP) is 3.84. The Morgan fingerprint density at radius 1 is 1.27 bits per heavy atom.